The van der Waals surface area contributed by atoms with E-state index in [-0.39, 0.29) is 5.78 Å². The number of carbonyl (C=O) groups is 1. The van der Waals surface area contributed by atoms with Crippen molar-refractivity contribution in [1.82, 2.24) is 5.32 Å². The fourth-order valence-electron chi connectivity index (χ4n) is 4.09. The molecule has 0 aromatic heterocycles. The summed E-state index contributed by atoms with van der Waals surface area (Å²) in [5, 5.41) is 3.57. The topological polar surface area (TPSA) is 41.6 Å². The van der Waals surface area contributed by atoms with E-state index in [9.17, 15) is 4.79 Å². The van der Waals surface area contributed by atoms with Crippen LogP contribution >= 0.6 is 0 Å². The van der Waals surface area contributed by atoms with Crippen molar-refractivity contribution in [2.24, 2.45) is 0 Å². The number of anilines is 1. The van der Waals surface area contributed by atoms with Crippen LogP contribution in [0.3, 0.4) is 0 Å². The highest BCUT2D eigenvalue weighted by molar-refractivity contribution is 6.10. The molecule has 0 bridgehead atoms. The lowest BCUT2D eigenvalue weighted by Crippen LogP contribution is -2.42. The molecule has 1 N–H and O–H groups in total. The van der Waals surface area contributed by atoms with Crippen molar-refractivity contribution >= 4 is 11.5 Å². The van der Waals surface area contributed by atoms with Crippen LogP contribution in [0.5, 0.6) is 5.75 Å². The molecule has 144 valence electrons. The van der Waals surface area contributed by atoms with E-state index in [0.717, 1.165) is 34.0 Å². The van der Waals surface area contributed by atoms with Crippen molar-refractivity contribution in [3.63, 3.8) is 0 Å². The Labute approximate surface area is 170 Å². The number of nitrogens with zero attached hydrogens (tertiary/aromatic N) is 1. The van der Waals surface area contributed by atoms with Crippen LogP contribution in [-0.4, -0.2) is 18.9 Å². The fraction of sp³-hybridized carbons (Fsp3) is 0.160. The molecule has 29 heavy (non-hydrogen) atoms. The minimum atomic E-state index is 0.0729. The summed E-state index contributed by atoms with van der Waals surface area (Å²) < 4.78 is 5.88. The molecule has 2 heterocycles. The summed E-state index contributed by atoms with van der Waals surface area (Å²) >= 11 is 0. The van der Waals surface area contributed by atoms with Crippen LogP contribution in [0.15, 0.2) is 90.3 Å². The van der Waals surface area contributed by atoms with Gasteiger partial charge < -0.3 is 15.0 Å². The molecule has 3 aromatic rings. The first kappa shape index (κ1) is 17.6. The lowest BCUT2D eigenvalue weighted by Gasteiger charge is -2.39. The Morgan fingerprint density at radius 2 is 1.69 bits per heavy atom. The first-order valence-corrected chi connectivity index (χ1v) is 9.94. The molecule has 0 spiro atoms. The van der Waals surface area contributed by atoms with Gasteiger partial charge in [-0.05, 0) is 17.2 Å². The van der Waals surface area contributed by atoms with Crippen LogP contribution in [0.25, 0.3) is 0 Å². The first-order valence-electron chi connectivity index (χ1n) is 9.94. The quantitative estimate of drug-likeness (QED) is 0.667. The second kappa shape index (κ2) is 7.47. The van der Waals surface area contributed by atoms with Gasteiger partial charge >= 0.3 is 0 Å². The van der Waals surface area contributed by atoms with Gasteiger partial charge in [-0.25, -0.2) is 0 Å². The Morgan fingerprint density at radius 3 is 2.48 bits per heavy atom. The van der Waals surface area contributed by atoms with Gasteiger partial charge in [-0.2, -0.15) is 0 Å². The number of rotatable bonds is 5. The fourth-order valence-corrected chi connectivity index (χ4v) is 4.09. The lowest BCUT2D eigenvalue weighted by molar-refractivity contribution is 0.102. The summed E-state index contributed by atoms with van der Waals surface area (Å²) in [6, 6.07) is 25.9. The average molecular weight is 382 g/mol. The van der Waals surface area contributed by atoms with Crippen molar-refractivity contribution in [3.8, 4) is 5.75 Å². The van der Waals surface area contributed by atoms with Crippen LogP contribution in [0.2, 0.25) is 0 Å². The van der Waals surface area contributed by atoms with Crippen molar-refractivity contribution < 1.29 is 9.53 Å². The molecule has 0 radical (unpaired) electrons. The highest BCUT2D eigenvalue weighted by atomic mass is 16.5. The summed E-state index contributed by atoms with van der Waals surface area (Å²) in [7, 11) is 0. The number of nitrogens with one attached hydrogen (secondary N) is 1. The van der Waals surface area contributed by atoms with Crippen molar-refractivity contribution in [2.45, 2.75) is 13.0 Å². The minimum absolute atomic E-state index is 0.0729. The Bertz CT molecular complexity index is 1070. The third kappa shape index (κ3) is 3.27. The summed E-state index contributed by atoms with van der Waals surface area (Å²) in [4.78, 5) is 15.7. The number of para-hydroxylation sites is 1. The molecule has 4 nitrogen and oxygen atoms in total. The molecule has 0 saturated carbocycles. The summed E-state index contributed by atoms with van der Waals surface area (Å²) in [5.41, 5.74) is 4.91. The number of carbonyl (C=O) groups excluding carboxylic acids is 1. The average Bonchev–Trinajstić information content (AvgIpc) is 2.79. The molecule has 4 heteroatoms. The highest BCUT2D eigenvalue weighted by Crippen LogP contribution is 2.42. The molecule has 3 aromatic carbocycles. The Balaban J connectivity index is 1.58. The van der Waals surface area contributed by atoms with E-state index in [2.05, 4.69) is 28.4 Å². The smallest absolute Gasteiger partial charge is 0.192 e. The Kier molecular flexibility index (Phi) is 4.53. The van der Waals surface area contributed by atoms with E-state index < -0.39 is 0 Å². The molecule has 0 unspecified atom stereocenters. The number of Topliss-reactive ketones (excluding diaryl/α,β-unsaturated/α-hetero) is 1. The largest absolute Gasteiger partial charge is 0.490 e. The third-order valence-electron chi connectivity index (χ3n) is 5.46. The number of hydrogen-bond donors (Lipinski definition) is 1. The van der Waals surface area contributed by atoms with Gasteiger partial charge in [0.15, 0.2) is 5.78 Å². The zero-order valence-electron chi connectivity index (χ0n) is 16.1. The van der Waals surface area contributed by atoms with Crippen LogP contribution in [-0.2, 0) is 13.0 Å². The normalized spacial score (nSPS) is 14.8. The first-order chi connectivity index (χ1) is 14.3. The number of hydrogen-bond acceptors (Lipinski definition) is 4. The van der Waals surface area contributed by atoms with E-state index in [1.54, 1.807) is 0 Å². The van der Waals surface area contributed by atoms with E-state index in [0.29, 0.717) is 26.1 Å². The maximum Gasteiger partial charge on any atom is 0.192 e. The van der Waals surface area contributed by atoms with E-state index in [1.165, 1.54) is 5.56 Å². The van der Waals surface area contributed by atoms with Crippen molar-refractivity contribution in [1.29, 1.82) is 0 Å². The maximum atomic E-state index is 13.4. The molecular formula is C25H22N2O2. The third-order valence-corrected chi connectivity index (χ3v) is 5.46. The van der Waals surface area contributed by atoms with Crippen LogP contribution in [0.4, 0.5) is 5.69 Å². The van der Waals surface area contributed by atoms with Gasteiger partial charge in [0.25, 0.3) is 0 Å². The molecule has 0 amide bonds. The van der Waals surface area contributed by atoms with Gasteiger partial charge in [-0.1, -0.05) is 72.8 Å². The molecule has 0 atom stereocenters. The van der Waals surface area contributed by atoms with E-state index in [1.807, 2.05) is 60.7 Å². The van der Waals surface area contributed by atoms with Gasteiger partial charge in [0, 0.05) is 24.1 Å². The molecule has 0 fully saturated rings. The number of ketones is 1. The van der Waals surface area contributed by atoms with Gasteiger partial charge in [-0.15, -0.1) is 0 Å². The van der Waals surface area contributed by atoms with Crippen molar-refractivity contribution in [3.05, 3.63) is 107 Å². The minimum Gasteiger partial charge on any atom is -0.490 e. The van der Waals surface area contributed by atoms with Gasteiger partial charge in [0.2, 0.25) is 0 Å². The Hall–Kier alpha value is -3.53. The van der Waals surface area contributed by atoms with Crippen molar-refractivity contribution in [2.75, 3.05) is 18.1 Å². The summed E-state index contributed by atoms with van der Waals surface area (Å²) in [6.07, 6.45) is 0.591. The van der Waals surface area contributed by atoms with Gasteiger partial charge in [0.05, 0.1) is 12.2 Å². The summed E-state index contributed by atoms with van der Waals surface area (Å²) in [6.45, 7) is 1.98. The van der Waals surface area contributed by atoms with Gasteiger partial charge in [-0.3, -0.25) is 4.79 Å². The standard InChI is InChI=1S/C25H22N2O2/c28-24(19-10-5-2-6-11-19)21-16-20-12-7-13-22-23(20)27(14-15-29-22)25(21)26-17-18-8-3-1-4-9-18/h1-13,26H,14-17H2. The second-order valence-electron chi connectivity index (χ2n) is 7.30. The Morgan fingerprint density at radius 1 is 0.931 bits per heavy atom. The van der Waals surface area contributed by atoms with Crippen LogP contribution < -0.4 is 15.0 Å². The predicted octanol–water partition coefficient (Wildman–Crippen LogP) is 4.33. The van der Waals surface area contributed by atoms with Gasteiger partial charge in [0.1, 0.15) is 18.2 Å². The van der Waals surface area contributed by atoms with E-state index in [4.69, 9.17) is 4.74 Å². The highest BCUT2D eigenvalue weighted by Gasteiger charge is 2.33. The zero-order chi connectivity index (χ0) is 19.6. The molecule has 2 aliphatic heterocycles. The number of ether oxygens (including phenoxy) is 1. The SMILES string of the molecule is O=C(C1=C(NCc2ccccc2)N2CCOc3cccc(c32)C1)c1ccccc1. The molecular weight excluding hydrogens is 360 g/mol. The number of benzene rings is 3. The number of allylic oxidation sites excluding steroid dienone is 1. The monoisotopic (exact) mass is 382 g/mol. The lowest BCUT2D eigenvalue weighted by atomic mass is 9.91. The molecule has 0 aliphatic carbocycles. The second-order valence-corrected chi connectivity index (χ2v) is 7.30. The predicted molar refractivity (Wildman–Crippen MR) is 114 cm³/mol. The zero-order valence-corrected chi connectivity index (χ0v) is 16.1. The molecule has 0 saturated heterocycles. The molecule has 2 aliphatic rings. The summed E-state index contributed by atoms with van der Waals surface area (Å²) in [5.74, 6) is 1.86. The maximum absolute atomic E-state index is 13.4. The van der Waals surface area contributed by atoms with Crippen LogP contribution in [0, 0.1) is 0 Å². The van der Waals surface area contributed by atoms with Crippen LogP contribution in [0.1, 0.15) is 21.5 Å². The molecule has 5 rings (SSSR count). The van der Waals surface area contributed by atoms with E-state index >= 15 is 0 Å².